The molecule has 0 aliphatic heterocycles. The van der Waals surface area contributed by atoms with Crippen LogP contribution in [0.5, 0.6) is 0 Å². The summed E-state index contributed by atoms with van der Waals surface area (Å²) in [6, 6.07) is 6.61. The van der Waals surface area contributed by atoms with Crippen molar-refractivity contribution in [1.29, 1.82) is 0 Å². The van der Waals surface area contributed by atoms with Crippen molar-refractivity contribution in [1.82, 2.24) is 20.5 Å². The van der Waals surface area contributed by atoms with Crippen LogP contribution in [0, 0.1) is 13.8 Å². The van der Waals surface area contributed by atoms with Crippen LogP contribution < -0.4 is 5.32 Å². The monoisotopic (exact) mass is 268 g/mol. The zero-order valence-electron chi connectivity index (χ0n) is 12.2. The van der Waals surface area contributed by atoms with Crippen LogP contribution in [0.1, 0.15) is 46.6 Å². The van der Waals surface area contributed by atoms with Crippen LogP contribution in [0.2, 0.25) is 0 Å². The van der Waals surface area contributed by atoms with Gasteiger partial charge < -0.3 is 5.32 Å². The summed E-state index contributed by atoms with van der Waals surface area (Å²) in [5.74, 6) is 0.415. The molecule has 2 heterocycles. The molecular formula is C16H20N4. The van der Waals surface area contributed by atoms with Gasteiger partial charge >= 0.3 is 0 Å². The van der Waals surface area contributed by atoms with E-state index >= 15 is 0 Å². The van der Waals surface area contributed by atoms with Gasteiger partial charge in [-0.1, -0.05) is 6.07 Å². The molecule has 3 rings (SSSR count). The lowest BCUT2D eigenvalue weighted by Gasteiger charge is -2.25. The summed E-state index contributed by atoms with van der Waals surface area (Å²) in [5.41, 5.74) is 5.82. The van der Waals surface area contributed by atoms with Gasteiger partial charge in [0, 0.05) is 23.9 Å². The van der Waals surface area contributed by atoms with Crippen molar-refractivity contribution in [3.05, 3.63) is 52.6 Å². The van der Waals surface area contributed by atoms with E-state index in [1.54, 1.807) is 0 Å². The minimum Gasteiger partial charge on any atom is -0.312 e. The molecule has 0 spiro atoms. The Labute approximate surface area is 119 Å². The summed E-state index contributed by atoms with van der Waals surface area (Å²) in [5, 5.41) is 11.9. The third kappa shape index (κ3) is 2.20. The zero-order valence-corrected chi connectivity index (χ0v) is 12.2. The molecule has 2 atom stereocenters. The van der Waals surface area contributed by atoms with Gasteiger partial charge in [0.1, 0.15) is 0 Å². The van der Waals surface area contributed by atoms with Crippen LogP contribution in [0.3, 0.4) is 0 Å². The Bertz CT molecular complexity index is 624. The van der Waals surface area contributed by atoms with Crippen LogP contribution in [0.25, 0.3) is 0 Å². The third-order valence-corrected chi connectivity index (χ3v) is 4.19. The van der Waals surface area contributed by atoms with Crippen LogP contribution >= 0.6 is 0 Å². The molecule has 0 saturated heterocycles. The van der Waals surface area contributed by atoms with E-state index in [2.05, 4.69) is 32.6 Å². The number of nitrogens with one attached hydrogen (secondary N) is 1. The van der Waals surface area contributed by atoms with Crippen LogP contribution in [-0.2, 0) is 6.42 Å². The van der Waals surface area contributed by atoms with E-state index in [-0.39, 0.29) is 6.04 Å². The lowest BCUT2D eigenvalue weighted by molar-refractivity contribution is 0.465. The molecule has 2 aromatic rings. The molecule has 0 amide bonds. The lowest BCUT2D eigenvalue weighted by atomic mass is 9.90. The Hall–Kier alpha value is -1.81. The first-order valence-corrected chi connectivity index (χ1v) is 7.12. The highest BCUT2D eigenvalue weighted by atomic mass is 15.1. The van der Waals surface area contributed by atoms with Gasteiger partial charge in [-0.05, 0) is 57.0 Å². The average Bonchev–Trinajstić information content (AvgIpc) is 2.88. The van der Waals surface area contributed by atoms with Crippen LogP contribution in [-0.4, -0.2) is 22.2 Å². The van der Waals surface area contributed by atoms with Crippen molar-refractivity contribution >= 4 is 0 Å². The summed E-state index contributed by atoms with van der Waals surface area (Å²) in [6.07, 6.45) is 4.15. The average molecular weight is 268 g/mol. The molecule has 4 heteroatoms. The van der Waals surface area contributed by atoms with Crippen molar-refractivity contribution in [3.8, 4) is 0 Å². The smallest absolute Gasteiger partial charge is 0.0648 e. The highest BCUT2D eigenvalue weighted by molar-refractivity contribution is 5.34. The second-order valence-corrected chi connectivity index (χ2v) is 5.49. The molecule has 104 valence electrons. The Balaban J connectivity index is 2.01. The largest absolute Gasteiger partial charge is 0.312 e. The molecule has 2 aromatic heterocycles. The number of likely N-dealkylation sites (N-methyl/N-ethyl adjacent to an activating group) is 1. The minimum absolute atomic E-state index is 0.250. The number of fused-ring (bicyclic) bond motifs is 1. The number of rotatable bonds is 3. The van der Waals surface area contributed by atoms with Crippen LogP contribution in [0.4, 0.5) is 0 Å². The molecule has 1 N–H and O–H groups in total. The molecule has 4 nitrogen and oxygen atoms in total. The quantitative estimate of drug-likeness (QED) is 0.929. The normalized spacial score (nSPS) is 18.9. The SMILES string of the molecule is CNC(c1cc(C)nnc1C)C1CCc2cccnc21. The fourth-order valence-corrected chi connectivity index (χ4v) is 3.23. The first-order valence-electron chi connectivity index (χ1n) is 7.12. The van der Waals surface area contributed by atoms with E-state index in [0.717, 1.165) is 24.2 Å². The molecule has 0 aromatic carbocycles. The molecule has 20 heavy (non-hydrogen) atoms. The number of aromatic nitrogens is 3. The number of nitrogens with zero attached hydrogens (tertiary/aromatic N) is 3. The molecule has 2 unspecified atom stereocenters. The maximum Gasteiger partial charge on any atom is 0.0648 e. The minimum atomic E-state index is 0.250. The molecule has 0 saturated carbocycles. The maximum absolute atomic E-state index is 4.61. The van der Waals surface area contributed by atoms with E-state index < -0.39 is 0 Å². The van der Waals surface area contributed by atoms with Crippen molar-refractivity contribution in [2.75, 3.05) is 7.05 Å². The highest BCUT2D eigenvalue weighted by Gasteiger charge is 2.32. The van der Waals surface area contributed by atoms with E-state index in [0.29, 0.717) is 5.92 Å². The summed E-state index contributed by atoms with van der Waals surface area (Å²) in [6.45, 7) is 4.02. The molecule has 1 aliphatic carbocycles. The van der Waals surface area contributed by atoms with Gasteiger partial charge in [-0.25, -0.2) is 0 Å². The standard InChI is InChI=1S/C16H20N4/c1-10-9-14(11(2)20-19-10)16(17-3)13-7-6-12-5-4-8-18-15(12)13/h4-5,8-9,13,16-17H,6-7H2,1-3H3. The summed E-state index contributed by atoms with van der Waals surface area (Å²) in [7, 11) is 2.01. The first-order chi connectivity index (χ1) is 9.70. The Morgan fingerprint density at radius 1 is 1.30 bits per heavy atom. The van der Waals surface area contributed by atoms with Gasteiger partial charge in [-0.15, -0.1) is 0 Å². The lowest BCUT2D eigenvalue weighted by Crippen LogP contribution is -2.24. The van der Waals surface area contributed by atoms with E-state index in [9.17, 15) is 0 Å². The van der Waals surface area contributed by atoms with Gasteiger partial charge in [0.15, 0.2) is 0 Å². The predicted molar refractivity (Wildman–Crippen MR) is 78.6 cm³/mol. The van der Waals surface area contributed by atoms with Crippen molar-refractivity contribution in [2.24, 2.45) is 0 Å². The van der Waals surface area contributed by atoms with E-state index in [1.165, 1.54) is 16.8 Å². The second kappa shape index (κ2) is 5.29. The summed E-state index contributed by atoms with van der Waals surface area (Å²) in [4.78, 5) is 4.61. The molecule has 0 radical (unpaired) electrons. The van der Waals surface area contributed by atoms with Crippen molar-refractivity contribution in [2.45, 2.75) is 38.6 Å². The predicted octanol–water partition coefficient (Wildman–Crippen LogP) is 2.48. The summed E-state index contributed by atoms with van der Waals surface area (Å²) < 4.78 is 0. The van der Waals surface area contributed by atoms with Gasteiger partial charge in [-0.2, -0.15) is 10.2 Å². The van der Waals surface area contributed by atoms with Crippen molar-refractivity contribution in [3.63, 3.8) is 0 Å². The second-order valence-electron chi connectivity index (χ2n) is 5.49. The van der Waals surface area contributed by atoms with E-state index in [1.807, 2.05) is 33.2 Å². The molecule has 1 aliphatic rings. The number of hydrogen-bond donors (Lipinski definition) is 1. The number of pyridine rings is 1. The van der Waals surface area contributed by atoms with Gasteiger partial charge in [-0.3, -0.25) is 4.98 Å². The fourth-order valence-electron chi connectivity index (χ4n) is 3.23. The topological polar surface area (TPSA) is 50.7 Å². The third-order valence-electron chi connectivity index (χ3n) is 4.19. The zero-order chi connectivity index (χ0) is 14.1. The molecular weight excluding hydrogens is 248 g/mol. The molecule has 0 bridgehead atoms. The van der Waals surface area contributed by atoms with Crippen LogP contribution in [0.15, 0.2) is 24.4 Å². The van der Waals surface area contributed by atoms with E-state index in [4.69, 9.17) is 0 Å². The van der Waals surface area contributed by atoms with Gasteiger partial charge in [0.25, 0.3) is 0 Å². The maximum atomic E-state index is 4.61. The Morgan fingerprint density at radius 2 is 2.15 bits per heavy atom. The molecule has 0 fully saturated rings. The number of hydrogen-bond acceptors (Lipinski definition) is 4. The van der Waals surface area contributed by atoms with Gasteiger partial charge in [0.05, 0.1) is 11.4 Å². The summed E-state index contributed by atoms with van der Waals surface area (Å²) >= 11 is 0. The Morgan fingerprint density at radius 3 is 2.95 bits per heavy atom. The highest BCUT2D eigenvalue weighted by Crippen LogP contribution is 2.40. The Kier molecular flexibility index (Phi) is 3.49. The fraction of sp³-hybridized carbons (Fsp3) is 0.438. The number of aryl methyl sites for hydroxylation is 3. The van der Waals surface area contributed by atoms with Crippen molar-refractivity contribution < 1.29 is 0 Å². The first kappa shape index (κ1) is 13.2. The van der Waals surface area contributed by atoms with Gasteiger partial charge in [0.2, 0.25) is 0 Å².